The van der Waals surface area contributed by atoms with Crippen LogP contribution in [0.1, 0.15) is 24.0 Å². The number of hydrogen-bond acceptors (Lipinski definition) is 6. The van der Waals surface area contributed by atoms with Crippen molar-refractivity contribution in [2.24, 2.45) is 5.92 Å². The molecule has 1 aliphatic rings. The molecule has 0 atom stereocenters. The van der Waals surface area contributed by atoms with Crippen molar-refractivity contribution in [3.8, 4) is 11.6 Å². The summed E-state index contributed by atoms with van der Waals surface area (Å²) in [5, 5.41) is 5.49. The molecule has 0 unspecified atom stereocenters. The zero-order valence-electron chi connectivity index (χ0n) is 18.9. The zero-order chi connectivity index (χ0) is 26.2. The number of anilines is 2. The molecule has 0 spiro atoms. The van der Waals surface area contributed by atoms with Crippen LogP contribution in [-0.4, -0.2) is 21.8 Å². The van der Waals surface area contributed by atoms with Gasteiger partial charge >= 0.3 is 6.18 Å². The molecule has 1 aliphatic carbocycles. The summed E-state index contributed by atoms with van der Waals surface area (Å²) < 4.78 is 59.7. The number of rotatable bonds is 7. The fourth-order valence-corrected chi connectivity index (χ4v) is 4.40. The highest BCUT2D eigenvalue weighted by Crippen LogP contribution is 2.34. The van der Waals surface area contributed by atoms with Crippen LogP contribution in [0.5, 0.6) is 11.6 Å². The van der Waals surface area contributed by atoms with Gasteiger partial charge in [-0.15, -0.1) is 0 Å². The molecule has 0 saturated heterocycles. The highest BCUT2D eigenvalue weighted by Gasteiger charge is 2.33. The third-order valence-electron chi connectivity index (χ3n) is 5.52. The van der Waals surface area contributed by atoms with Crippen molar-refractivity contribution in [3.63, 3.8) is 0 Å². The first-order chi connectivity index (χ1) is 17.7. The molecule has 0 aliphatic heterocycles. The van der Waals surface area contributed by atoms with Crippen LogP contribution in [0.4, 0.5) is 28.4 Å². The maximum Gasteiger partial charge on any atom is 0.416 e. The fraction of sp³-hybridized carbons (Fsp3) is 0.200. The Morgan fingerprint density at radius 2 is 1.81 bits per heavy atom. The summed E-state index contributed by atoms with van der Waals surface area (Å²) in [6.07, 6.45) is -3.48. The van der Waals surface area contributed by atoms with E-state index in [9.17, 15) is 27.2 Å². The van der Waals surface area contributed by atoms with E-state index in [1.54, 1.807) is 12.1 Å². The molecular formula is C25H18F4N4O3S. The minimum atomic E-state index is -4.62. The highest BCUT2D eigenvalue weighted by atomic mass is 32.1. The molecule has 5 rings (SSSR count). The second kappa shape index (κ2) is 9.77. The Balaban J connectivity index is 1.28. The molecule has 2 N–H and O–H groups in total. The van der Waals surface area contributed by atoms with Gasteiger partial charge in [-0.3, -0.25) is 9.59 Å². The first-order valence-electron chi connectivity index (χ1n) is 11.2. The number of benzene rings is 2. The number of amides is 2. The fourth-order valence-electron chi connectivity index (χ4n) is 3.57. The van der Waals surface area contributed by atoms with Crippen molar-refractivity contribution in [1.29, 1.82) is 0 Å². The molecule has 4 aromatic rings. The monoisotopic (exact) mass is 530 g/mol. The summed E-state index contributed by atoms with van der Waals surface area (Å²) in [6.45, 7) is 0. The number of carbonyl (C=O) groups excluding carboxylic acids is 2. The zero-order valence-corrected chi connectivity index (χ0v) is 19.8. The molecule has 0 radical (unpaired) electrons. The number of nitrogens with zero attached hydrogens (tertiary/aromatic N) is 2. The van der Waals surface area contributed by atoms with Gasteiger partial charge in [0.15, 0.2) is 5.13 Å². The molecule has 190 valence electrons. The van der Waals surface area contributed by atoms with Gasteiger partial charge in [0.1, 0.15) is 21.9 Å². The molecule has 7 nitrogen and oxygen atoms in total. The predicted molar refractivity (Wildman–Crippen MR) is 129 cm³/mol. The van der Waals surface area contributed by atoms with E-state index in [0.29, 0.717) is 15.5 Å². The third-order valence-corrected chi connectivity index (χ3v) is 6.40. The molecule has 1 fully saturated rings. The number of fused-ring (bicyclic) bond motifs is 1. The lowest BCUT2D eigenvalue weighted by Crippen LogP contribution is -2.18. The molecule has 1 saturated carbocycles. The van der Waals surface area contributed by atoms with Gasteiger partial charge < -0.3 is 15.4 Å². The normalized spacial score (nSPS) is 13.4. The van der Waals surface area contributed by atoms with E-state index in [4.69, 9.17) is 4.74 Å². The summed E-state index contributed by atoms with van der Waals surface area (Å²) in [5.41, 5.74) is -0.844. The standard InChI is InChI=1S/C25H18F4N4O3S/c26-17-8-7-15(12-19(17)30-20(34)11-14-3-1-2-4-16(14)25(27,28)29)36-21-10-9-18-23(32-21)37-24(31-18)33-22(35)13-5-6-13/h1-4,7-10,12-13H,5-6,11H2,(H,30,34)(H,31,33,35). The summed E-state index contributed by atoms with van der Waals surface area (Å²) in [4.78, 5) is 33.6. The Hall–Kier alpha value is -4.06. The average Bonchev–Trinajstić information content (AvgIpc) is 3.62. The van der Waals surface area contributed by atoms with Gasteiger partial charge in [-0.2, -0.15) is 13.2 Å². The van der Waals surface area contributed by atoms with E-state index in [1.165, 1.54) is 41.7 Å². The van der Waals surface area contributed by atoms with Crippen molar-refractivity contribution < 1.29 is 31.9 Å². The molecule has 37 heavy (non-hydrogen) atoms. The van der Waals surface area contributed by atoms with Gasteiger partial charge in [0.25, 0.3) is 0 Å². The highest BCUT2D eigenvalue weighted by molar-refractivity contribution is 7.21. The van der Waals surface area contributed by atoms with Crippen LogP contribution in [0.2, 0.25) is 0 Å². The Kier molecular flexibility index (Phi) is 6.50. The second-order valence-corrected chi connectivity index (χ2v) is 9.36. The molecular weight excluding hydrogens is 512 g/mol. The van der Waals surface area contributed by atoms with E-state index in [2.05, 4.69) is 20.6 Å². The SMILES string of the molecule is O=C(Cc1ccccc1C(F)(F)F)Nc1cc(Oc2ccc3nc(NC(=O)C4CC4)sc3n2)ccc1F. The first-order valence-corrected chi connectivity index (χ1v) is 12.0. The van der Waals surface area contributed by atoms with Crippen LogP contribution in [0.3, 0.4) is 0 Å². The second-order valence-electron chi connectivity index (χ2n) is 8.38. The Bertz CT molecular complexity index is 1500. The molecule has 2 heterocycles. The topological polar surface area (TPSA) is 93.2 Å². The third kappa shape index (κ3) is 5.85. The molecule has 2 aromatic heterocycles. The maximum atomic E-state index is 14.3. The lowest BCUT2D eigenvalue weighted by Gasteiger charge is -2.13. The van der Waals surface area contributed by atoms with Gasteiger partial charge in [0.2, 0.25) is 17.7 Å². The Labute approximate surface area is 211 Å². The number of thiazole rings is 1. The summed E-state index contributed by atoms with van der Waals surface area (Å²) in [7, 11) is 0. The summed E-state index contributed by atoms with van der Waals surface area (Å²) in [6, 6.07) is 11.5. The smallest absolute Gasteiger partial charge is 0.416 e. The minimum Gasteiger partial charge on any atom is -0.439 e. The van der Waals surface area contributed by atoms with Crippen LogP contribution in [0, 0.1) is 11.7 Å². The quantitative estimate of drug-likeness (QED) is 0.279. The number of hydrogen-bond donors (Lipinski definition) is 2. The lowest BCUT2D eigenvalue weighted by atomic mass is 10.0. The Morgan fingerprint density at radius 3 is 2.57 bits per heavy atom. The summed E-state index contributed by atoms with van der Waals surface area (Å²) >= 11 is 1.18. The molecule has 0 bridgehead atoms. The van der Waals surface area contributed by atoms with Gasteiger partial charge in [-0.1, -0.05) is 29.5 Å². The molecule has 12 heteroatoms. The number of pyridine rings is 1. The van der Waals surface area contributed by atoms with Crippen LogP contribution >= 0.6 is 11.3 Å². The number of halogens is 4. The van der Waals surface area contributed by atoms with Crippen LogP contribution in [0.25, 0.3) is 10.3 Å². The van der Waals surface area contributed by atoms with Crippen molar-refractivity contribution in [1.82, 2.24) is 9.97 Å². The average molecular weight is 531 g/mol. The molecule has 2 amide bonds. The van der Waals surface area contributed by atoms with Crippen molar-refractivity contribution in [2.75, 3.05) is 10.6 Å². The lowest BCUT2D eigenvalue weighted by molar-refractivity contribution is -0.138. The van der Waals surface area contributed by atoms with Crippen molar-refractivity contribution in [2.45, 2.75) is 25.4 Å². The predicted octanol–water partition coefficient (Wildman–Crippen LogP) is 6.17. The maximum absolute atomic E-state index is 14.3. The number of carbonyl (C=O) groups is 2. The first kappa shape index (κ1) is 24.6. The van der Waals surface area contributed by atoms with Crippen molar-refractivity contribution >= 4 is 44.3 Å². The minimum absolute atomic E-state index is 0.0337. The van der Waals surface area contributed by atoms with Crippen LogP contribution < -0.4 is 15.4 Å². The van der Waals surface area contributed by atoms with Gasteiger partial charge in [0.05, 0.1) is 17.7 Å². The number of aromatic nitrogens is 2. The van der Waals surface area contributed by atoms with Gasteiger partial charge in [-0.05, 0) is 42.7 Å². The Morgan fingerprint density at radius 1 is 1.03 bits per heavy atom. The number of ether oxygens (including phenoxy) is 1. The van der Waals surface area contributed by atoms with Gasteiger partial charge in [0, 0.05) is 18.1 Å². The van der Waals surface area contributed by atoms with Crippen LogP contribution in [0.15, 0.2) is 54.6 Å². The largest absolute Gasteiger partial charge is 0.439 e. The number of alkyl halides is 3. The van der Waals surface area contributed by atoms with Gasteiger partial charge in [-0.25, -0.2) is 14.4 Å². The van der Waals surface area contributed by atoms with Crippen LogP contribution in [-0.2, 0) is 22.2 Å². The number of nitrogens with one attached hydrogen (secondary N) is 2. The van der Waals surface area contributed by atoms with Crippen molar-refractivity contribution in [3.05, 3.63) is 71.5 Å². The van der Waals surface area contributed by atoms with E-state index in [0.717, 1.165) is 25.0 Å². The molecule has 2 aromatic carbocycles. The van der Waals surface area contributed by atoms with E-state index in [1.807, 2.05) is 0 Å². The van der Waals surface area contributed by atoms with E-state index >= 15 is 0 Å². The summed E-state index contributed by atoms with van der Waals surface area (Å²) in [5.74, 6) is -1.33. The van der Waals surface area contributed by atoms with E-state index in [-0.39, 0.29) is 34.7 Å². The van der Waals surface area contributed by atoms with E-state index < -0.39 is 29.9 Å².